The van der Waals surface area contributed by atoms with Crippen molar-refractivity contribution in [3.63, 3.8) is 0 Å². The van der Waals surface area contributed by atoms with Gasteiger partial charge in [-0.1, -0.05) is 20.8 Å². The highest BCUT2D eigenvalue weighted by molar-refractivity contribution is 5.90. The first-order valence-corrected chi connectivity index (χ1v) is 5.79. The second kappa shape index (κ2) is 5.18. The van der Waals surface area contributed by atoms with E-state index >= 15 is 0 Å². The molecule has 8 heteroatoms. The molecule has 2 N–H and O–H groups in total. The highest BCUT2D eigenvalue weighted by Crippen LogP contribution is 2.21. The number of H-pyrrole nitrogens is 1. The van der Waals surface area contributed by atoms with Crippen LogP contribution in [0.2, 0.25) is 0 Å². The van der Waals surface area contributed by atoms with Gasteiger partial charge in [-0.3, -0.25) is 9.89 Å². The lowest BCUT2D eigenvalue weighted by atomic mass is 9.96. The quantitative estimate of drug-likeness (QED) is 0.890. The van der Waals surface area contributed by atoms with Gasteiger partial charge in [0.15, 0.2) is 0 Å². The lowest BCUT2D eigenvalue weighted by Gasteiger charge is -2.14. The van der Waals surface area contributed by atoms with E-state index in [-0.39, 0.29) is 11.2 Å². The fourth-order valence-corrected chi connectivity index (χ4v) is 1.39. The first kappa shape index (κ1) is 15.5. The molecule has 1 heterocycles. The third-order valence-electron chi connectivity index (χ3n) is 2.31. The average molecular weight is 278 g/mol. The van der Waals surface area contributed by atoms with E-state index in [4.69, 9.17) is 0 Å². The lowest BCUT2D eigenvalue weighted by molar-refractivity contribution is -0.138. The molecule has 0 saturated heterocycles. The molecule has 0 fully saturated rings. The predicted octanol–water partition coefficient (Wildman–Crippen LogP) is 2.17. The molecular formula is C11H17F3N4O. The molecule has 0 spiro atoms. The Morgan fingerprint density at radius 3 is 2.37 bits per heavy atom. The molecule has 1 rings (SSSR count). The van der Waals surface area contributed by atoms with Crippen molar-refractivity contribution in [1.82, 2.24) is 20.5 Å². The highest BCUT2D eigenvalue weighted by Gasteiger charge is 2.31. The Morgan fingerprint density at radius 1 is 1.37 bits per heavy atom. The van der Waals surface area contributed by atoms with Crippen LogP contribution in [0.5, 0.6) is 0 Å². The minimum Gasteiger partial charge on any atom is -0.346 e. The average Bonchev–Trinajstić information content (AvgIpc) is 2.61. The molecule has 0 saturated carbocycles. The largest absolute Gasteiger partial charge is 0.391 e. The van der Waals surface area contributed by atoms with Crippen molar-refractivity contribution in [2.24, 2.45) is 0 Å². The maximum Gasteiger partial charge on any atom is 0.391 e. The van der Waals surface area contributed by atoms with Gasteiger partial charge < -0.3 is 5.32 Å². The minimum absolute atomic E-state index is 0.154. The maximum atomic E-state index is 12.1. The van der Waals surface area contributed by atoms with E-state index in [1.54, 1.807) is 0 Å². The summed E-state index contributed by atoms with van der Waals surface area (Å²) in [5, 5.41) is 8.52. The van der Waals surface area contributed by atoms with E-state index < -0.39 is 24.5 Å². The number of hydrogen-bond acceptors (Lipinski definition) is 3. The molecule has 0 bridgehead atoms. The fraction of sp³-hybridized carbons (Fsp3) is 0.727. The first-order valence-electron chi connectivity index (χ1n) is 5.79. The Kier molecular flexibility index (Phi) is 4.21. The number of aromatic amines is 1. The van der Waals surface area contributed by atoms with Crippen molar-refractivity contribution in [3.05, 3.63) is 11.6 Å². The van der Waals surface area contributed by atoms with Crippen LogP contribution in [0.15, 0.2) is 0 Å². The number of carbonyl (C=O) groups excluding carboxylic acids is 1. The van der Waals surface area contributed by atoms with Crippen LogP contribution in [0, 0.1) is 0 Å². The van der Waals surface area contributed by atoms with E-state index in [2.05, 4.69) is 20.5 Å². The fourth-order valence-electron chi connectivity index (χ4n) is 1.39. The Morgan fingerprint density at radius 2 is 1.95 bits per heavy atom. The molecule has 19 heavy (non-hydrogen) atoms. The molecule has 1 aromatic rings. The van der Waals surface area contributed by atoms with Crippen molar-refractivity contribution in [1.29, 1.82) is 0 Å². The van der Waals surface area contributed by atoms with E-state index in [1.165, 1.54) is 6.92 Å². The molecule has 1 amide bonds. The summed E-state index contributed by atoms with van der Waals surface area (Å²) >= 11 is 0. The Labute approximate surface area is 109 Å². The number of alkyl halides is 3. The van der Waals surface area contributed by atoms with Crippen molar-refractivity contribution in [3.8, 4) is 0 Å². The van der Waals surface area contributed by atoms with Gasteiger partial charge in [-0.05, 0) is 6.92 Å². The topological polar surface area (TPSA) is 70.7 Å². The Hall–Kier alpha value is -1.60. The smallest absolute Gasteiger partial charge is 0.346 e. The number of aromatic nitrogens is 3. The van der Waals surface area contributed by atoms with Crippen LogP contribution in [-0.2, 0) is 5.41 Å². The summed E-state index contributed by atoms with van der Waals surface area (Å²) in [4.78, 5) is 15.6. The second-order valence-corrected chi connectivity index (χ2v) is 5.45. The van der Waals surface area contributed by atoms with Crippen molar-refractivity contribution >= 4 is 5.91 Å². The van der Waals surface area contributed by atoms with Crippen molar-refractivity contribution in [2.45, 2.75) is 51.7 Å². The van der Waals surface area contributed by atoms with E-state index in [0.29, 0.717) is 5.82 Å². The maximum absolute atomic E-state index is 12.1. The molecule has 5 nitrogen and oxygen atoms in total. The predicted molar refractivity (Wildman–Crippen MR) is 62.7 cm³/mol. The summed E-state index contributed by atoms with van der Waals surface area (Å²) in [5.41, 5.74) is -0.316. The number of halogens is 3. The SMILES string of the molecule is CC(CC(F)(F)F)NC(=O)c1n[nH]c(C(C)(C)C)n1. The Balaban J connectivity index is 2.66. The van der Waals surface area contributed by atoms with Gasteiger partial charge in [0.05, 0.1) is 6.42 Å². The monoisotopic (exact) mass is 278 g/mol. The zero-order chi connectivity index (χ0) is 14.8. The highest BCUT2D eigenvalue weighted by atomic mass is 19.4. The summed E-state index contributed by atoms with van der Waals surface area (Å²) in [6, 6.07) is -1.02. The van der Waals surface area contributed by atoms with Gasteiger partial charge in [-0.15, -0.1) is 5.10 Å². The zero-order valence-electron chi connectivity index (χ0n) is 11.2. The van der Waals surface area contributed by atoms with Gasteiger partial charge >= 0.3 is 6.18 Å². The van der Waals surface area contributed by atoms with Crippen LogP contribution in [0.1, 0.15) is 50.6 Å². The number of hydrogen-bond donors (Lipinski definition) is 2. The summed E-state index contributed by atoms with van der Waals surface area (Å²) in [5.74, 6) is -0.372. The van der Waals surface area contributed by atoms with Gasteiger partial charge in [-0.2, -0.15) is 13.2 Å². The normalized spacial score (nSPS) is 14.3. The van der Waals surface area contributed by atoms with Gasteiger partial charge in [0.2, 0.25) is 5.82 Å². The molecule has 0 aliphatic carbocycles. The molecule has 0 aliphatic rings. The summed E-state index contributed by atoms with van der Waals surface area (Å²) in [7, 11) is 0. The number of nitrogens with one attached hydrogen (secondary N) is 2. The molecule has 0 aliphatic heterocycles. The van der Waals surface area contributed by atoms with E-state index in [1.807, 2.05) is 20.8 Å². The van der Waals surface area contributed by atoms with Crippen LogP contribution in [-0.4, -0.2) is 33.3 Å². The third-order valence-corrected chi connectivity index (χ3v) is 2.31. The van der Waals surface area contributed by atoms with Gasteiger partial charge in [-0.25, -0.2) is 4.98 Å². The molecule has 0 radical (unpaired) electrons. The van der Waals surface area contributed by atoms with Crippen molar-refractivity contribution in [2.75, 3.05) is 0 Å². The standard InChI is InChI=1S/C11H17F3N4O/c1-6(5-11(12,13)14)15-8(19)7-16-9(18-17-7)10(2,3)4/h6H,5H2,1-4H3,(H,15,19)(H,16,17,18). The molecule has 108 valence electrons. The molecule has 1 aromatic heterocycles. The van der Waals surface area contributed by atoms with E-state index in [9.17, 15) is 18.0 Å². The zero-order valence-corrected chi connectivity index (χ0v) is 11.2. The first-order chi connectivity index (χ1) is 8.49. The van der Waals surface area contributed by atoms with E-state index in [0.717, 1.165) is 0 Å². The third kappa shape index (κ3) is 4.88. The minimum atomic E-state index is -4.32. The summed E-state index contributed by atoms with van der Waals surface area (Å²) in [6.45, 7) is 6.91. The molecule has 1 atom stereocenters. The van der Waals surface area contributed by atoms with Crippen molar-refractivity contribution < 1.29 is 18.0 Å². The van der Waals surface area contributed by atoms with Crippen LogP contribution in [0.3, 0.4) is 0 Å². The lowest BCUT2D eigenvalue weighted by Crippen LogP contribution is -2.36. The van der Waals surface area contributed by atoms with Crippen LogP contribution < -0.4 is 5.32 Å². The Bertz CT molecular complexity index is 448. The summed E-state index contributed by atoms with van der Waals surface area (Å²) < 4.78 is 36.4. The molecular weight excluding hydrogens is 261 g/mol. The molecule has 1 unspecified atom stereocenters. The van der Waals surface area contributed by atoms with Gasteiger partial charge in [0.25, 0.3) is 5.91 Å². The number of rotatable bonds is 3. The van der Waals surface area contributed by atoms with Gasteiger partial charge in [0.1, 0.15) is 5.82 Å². The van der Waals surface area contributed by atoms with Gasteiger partial charge in [0, 0.05) is 11.5 Å². The van der Waals surface area contributed by atoms with Crippen LogP contribution in [0.4, 0.5) is 13.2 Å². The number of carbonyl (C=O) groups is 1. The van der Waals surface area contributed by atoms with Crippen LogP contribution in [0.25, 0.3) is 0 Å². The summed E-state index contributed by atoms with van der Waals surface area (Å²) in [6.07, 6.45) is -5.41. The second-order valence-electron chi connectivity index (χ2n) is 5.45. The molecule has 0 aromatic carbocycles. The number of amides is 1. The number of nitrogens with zero attached hydrogens (tertiary/aromatic N) is 2. The van der Waals surface area contributed by atoms with Crippen LogP contribution >= 0.6 is 0 Å².